The Labute approximate surface area is 162 Å². The Bertz CT molecular complexity index is 843. The van der Waals surface area contributed by atoms with Gasteiger partial charge in [0.1, 0.15) is 6.04 Å². The number of carbonyl (C=O) groups excluding carboxylic acids is 2. The van der Waals surface area contributed by atoms with E-state index in [-0.39, 0.29) is 17.9 Å². The van der Waals surface area contributed by atoms with E-state index in [9.17, 15) is 9.59 Å². The molecule has 0 aliphatic rings. The highest BCUT2D eigenvalue weighted by molar-refractivity contribution is 7.12. The van der Waals surface area contributed by atoms with Crippen LogP contribution in [0.5, 0.6) is 0 Å². The quantitative estimate of drug-likeness (QED) is 0.713. The molecule has 0 bridgehead atoms. The van der Waals surface area contributed by atoms with E-state index < -0.39 is 6.04 Å². The molecule has 6 heteroatoms. The van der Waals surface area contributed by atoms with Gasteiger partial charge in [-0.1, -0.05) is 42.5 Å². The van der Waals surface area contributed by atoms with Gasteiger partial charge < -0.3 is 10.2 Å². The van der Waals surface area contributed by atoms with Gasteiger partial charge in [0.15, 0.2) is 0 Å². The van der Waals surface area contributed by atoms with Gasteiger partial charge in [-0.25, -0.2) is 0 Å². The Hall–Kier alpha value is -2.99. The van der Waals surface area contributed by atoms with Crippen molar-refractivity contribution in [3.05, 3.63) is 88.4 Å². The van der Waals surface area contributed by atoms with Crippen molar-refractivity contribution >= 4 is 23.2 Å². The number of benzene rings is 1. The molecule has 0 saturated heterocycles. The Kier molecular flexibility index (Phi) is 5.98. The van der Waals surface area contributed by atoms with Crippen LogP contribution < -0.4 is 5.32 Å². The normalized spacial score (nSPS) is 12.8. The lowest BCUT2D eigenvalue weighted by atomic mass is 10.0. The van der Waals surface area contributed by atoms with Gasteiger partial charge in [0.2, 0.25) is 5.91 Å². The molecule has 0 unspecified atom stereocenters. The molecule has 3 aromatic rings. The number of thiophene rings is 1. The largest absolute Gasteiger partial charge is 0.340 e. The summed E-state index contributed by atoms with van der Waals surface area (Å²) in [5.41, 5.74) is 1.74. The zero-order valence-corrected chi connectivity index (χ0v) is 16.0. The number of hydrogen-bond donors (Lipinski definition) is 1. The first-order chi connectivity index (χ1) is 13.1. The van der Waals surface area contributed by atoms with Crippen LogP contribution in [-0.4, -0.2) is 34.8 Å². The average molecular weight is 379 g/mol. The number of likely N-dealkylation sites (N-methyl/N-ethyl adjacent to an activating group) is 1. The minimum absolute atomic E-state index is 0.181. The molecule has 5 nitrogen and oxygen atoms in total. The summed E-state index contributed by atoms with van der Waals surface area (Å²) < 4.78 is 0. The van der Waals surface area contributed by atoms with Gasteiger partial charge in [0, 0.05) is 13.2 Å². The number of nitrogens with one attached hydrogen (secondary N) is 1. The molecular formula is C21H21N3O2S. The fourth-order valence-electron chi connectivity index (χ4n) is 2.94. The summed E-state index contributed by atoms with van der Waals surface area (Å²) in [5, 5.41) is 4.61. The van der Waals surface area contributed by atoms with Crippen molar-refractivity contribution in [2.45, 2.75) is 19.0 Å². The second-order valence-electron chi connectivity index (χ2n) is 6.19. The van der Waals surface area contributed by atoms with E-state index >= 15 is 0 Å². The van der Waals surface area contributed by atoms with Gasteiger partial charge >= 0.3 is 0 Å². The van der Waals surface area contributed by atoms with Crippen molar-refractivity contribution in [1.82, 2.24) is 15.2 Å². The highest BCUT2D eigenvalue weighted by Crippen LogP contribution is 2.26. The first kappa shape index (κ1) is 18.8. The van der Waals surface area contributed by atoms with Gasteiger partial charge in [-0.3, -0.25) is 14.6 Å². The lowest BCUT2D eigenvalue weighted by molar-refractivity contribution is -0.133. The fraction of sp³-hybridized carbons (Fsp3) is 0.190. The second-order valence-corrected chi connectivity index (χ2v) is 7.14. The van der Waals surface area contributed by atoms with Gasteiger partial charge in [-0.05, 0) is 36.1 Å². The number of nitrogens with zero attached hydrogens (tertiary/aromatic N) is 2. The van der Waals surface area contributed by atoms with Crippen LogP contribution in [0.3, 0.4) is 0 Å². The molecular weight excluding hydrogens is 358 g/mol. The van der Waals surface area contributed by atoms with Crippen molar-refractivity contribution in [3.8, 4) is 0 Å². The predicted octanol–water partition coefficient (Wildman–Crippen LogP) is 3.51. The molecule has 2 atom stereocenters. The Morgan fingerprint density at radius 2 is 1.78 bits per heavy atom. The molecule has 3 rings (SSSR count). The third kappa shape index (κ3) is 4.41. The molecule has 0 fully saturated rings. The summed E-state index contributed by atoms with van der Waals surface area (Å²) in [6, 6.07) is 18.0. The van der Waals surface area contributed by atoms with Gasteiger partial charge in [0.25, 0.3) is 5.91 Å². The van der Waals surface area contributed by atoms with Crippen molar-refractivity contribution in [3.63, 3.8) is 0 Å². The van der Waals surface area contributed by atoms with E-state index in [0.717, 1.165) is 11.3 Å². The van der Waals surface area contributed by atoms with Crippen molar-refractivity contribution in [2.24, 2.45) is 0 Å². The summed E-state index contributed by atoms with van der Waals surface area (Å²) in [6.45, 7) is 1.70. The summed E-state index contributed by atoms with van der Waals surface area (Å²) in [4.78, 5) is 32.0. The molecule has 0 radical (unpaired) electrons. The molecule has 2 amide bonds. The van der Waals surface area contributed by atoms with E-state index in [4.69, 9.17) is 0 Å². The standard InChI is InChI=1S/C21H21N3O2S/c1-15(23-20(25)18-12-8-14-27-18)21(26)24(2)19(16-9-4-3-5-10-16)17-11-6-7-13-22-17/h3-15,19H,1-2H3,(H,23,25)/t15-,19-/m0/s1. The molecule has 138 valence electrons. The number of rotatable bonds is 6. The molecule has 27 heavy (non-hydrogen) atoms. The zero-order chi connectivity index (χ0) is 19.2. The zero-order valence-electron chi connectivity index (χ0n) is 15.2. The molecule has 2 aromatic heterocycles. The molecule has 2 heterocycles. The second kappa shape index (κ2) is 8.60. The van der Waals surface area contributed by atoms with Gasteiger partial charge in [-0.15, -0.1) is 11.3 Å². The number of carbonyl (C=O) groups is 2. The molecule has 1 N–H and O–H groups in total. The molecule has 0 spiro atoms. The van der Waals surface area contributed by atoms with E-state index in [1.807, 2.05) is 60.0 Å². The Balaban J connectivity index is 1.82. The van der Waals surface area contributed by atoms with Crippen LogP contribution in [0.15, 0.2) is 72.2 Å². The molecule has 0 saturated carbocycles. The SMILES string of the molecule is C[C@H](NC(=O)c1cccs1)C(=O)N(C)[C@@H](c1ccccc1)c1ccccn1. The van der Waals surface area contributed by atoms with Gasteiger partial charge in [-0.2, -0.15) is 0 Å². The summed E-state index contributed by atoms with van der Waals surface area (Å²) in [5.74, 6) is -0.423. The van der Waals surface area contributed by atoms with Crippen LogP contribution in [0, 0.1) is 0 Å². The first-order valence-corrected chi connectivity index (χ1v) is 9.53. The smallest absolute Gasteiger partial charge is 0.261 e. The highest BCUT2D eigenvalue weighted by atomic mass is 32.1. The Morgan fingerprint density at radius 1 is 1.04 bits per heavy atom. The first-order valence-electron chi connectivity index (χ1n) is 8.65. The van der Waals surface area contributed by atoms with Gasteiger partial charge in [0.05, 0.1) is 16.6 Å². The van der Waals surface area contributed by atoms with Crippen LogP contribution in [0.2, 0.25) is 0 Å². The van der Waals surface area contributed by atoms with E-state index in [1.165, 1.54) is 11.3 Å². The molecule has 0 aliphatic heterocycles. The minimum atomic E-state index is -0.653. The van der Waals surface area contributed by atoms with Crippen molar-refractivity contribution in [1.29, 1.82) is 0 Å². The number of aromatic nitrogens is 1. The molecule has 0 aliphatic carbocycles. The predicted molar refractivity (Wildman–Crippen MR) is 107 cm³/mol. The maximum atomic E-state index is 13.0. The third-order valence-electron chi connectivity index (χ3n) is 4.28. The van der Waals surface area contributed by atoms with Crippen LogP contribution >= 0.6 is 11.3 Å². The maximum Gasteiger partial charge on any atom is 0.261 e. The van der Waals surface area contributed by atoms with E-state index in [0.29, 0.717) is 4.88 Å². The lowest BCUT2D eigenvalue weighted by Gasteiger charge is -2.30. The van der Waals surface area contributed by atoms with E-state index in [2.05, 4.69) is 10.3 Å². The maximum absolute atomic E-state index is 13.0. The van der Waals surface area contributed by atoms with Crippen LogP contribution in [0.1, 0.15) is 33.9 Å². The minimum Gasteiger partial charge on any atom is -0.340 e. The number of hydrogen-bond acceptors (Lipinski definition) is 4. The summed E-state index contributed by atoms with van der Waals surface area (Å²) in [7, 11) is 1.74. The van der Waals surface area contributed by atoms with Crippen molar-refractivity contribution < 1.29 is 9.59 Å². The van der Waals surface area contributed by atoms with Crippen LogP contribution in [-0.2, 0) is 4.79 Å². The topological polar surface area (TPSA) is 62.3 Å². The van der Waals surface area contributed by atoms with Crippen LogP contribution in [0.4, 0.5) is 0 Å². The van der Waals surface area contributed by atoms with Crippen LogP contribution in [0.25, 0.3) is 0 Å². The van der Waals surface area contributed by atoms with Crippen molar-refractivity contribution in [2.75, 3.05) is 7.05 Å². The monoisotopic (exact) mass is 379 g/mol. The fourth-order valence-corrected chi connectivity index (χ4v) is 3.56. The average Bonchev–Trinajstić information content (AvgIpc) is 3.24. The summed E-state index contributed by atoms with van der Waals surface area (Å²) >= 11 is 1.35. The number of amides is 2. The van der Waals surface area contributed by atoms with E-state index in [1.54, 1.807) is 31.1 Å². The number of pyridine rings is 1. The Morgan fingerprint density at radius 3 is 2.41 bits per heavy atom. The third-order valence-corrected chi connectivity index (χ3v) is 5.15. The summed E-state index contributed by atoms with van der Waals surface area (Å²) in [6.07, 6.45) is 1.71. The lowest BCUT2D eigenvalue weighted by Crippen LogP contribution is -2.46. The highest BCUT2D eigenvalue weighted by Gasteiger charge is 2.28. The molecule has 1 aromatic carbocycles.